The van der Waals surface area contributed by atoms with Crippen LogP contribution in [0.15, 0.2) is 24.4 Å². The van der Waals surface area contributed by atoms with E-state index in [0.717, 1.165) is 50.9 Å². The van der Waals surface area contributed by atoms with Crippen LogP contribution in [-0.4, -0.2) is 55.0 Å². The molecule has 2 heterocycles. The predicted octanol–water partition coefficient (Wildman–Crippen LogP) is 3.05. The number of unbranched alkanes of at least 4 members (excludes halogenated alkanes) is 1. The van der Waals surface area contributed by atoms with Crippen molar-refractivity contribution in [2.24, 2.45) is 0 Å². The molecule has 140 valence electrons. The number of piperazine rings is 1. The van der Waals surface area contributed by atoms with Crippen molar-refractivity contribution in [3.8, 4) is 0 Å². The molecule has 26 heavy (non-hydrogen) atoms. The first-order valence-electron chi connectivity index (χ1n) is 9.57. The molecule has 0 amide bonds. The summed E-state index contributed by atoms with van der Waals surface area (Å²) in [5, 5.41) is 8.46. The average Bonchev–Trinajstić information content (AvgIpc) is 2.68. The van der Waals surface area contributed by atoms with Crippen molar-refractivity contribution in [3.05, 3.63) is 35.5 Å². The van der Waals surface area contributed by atoms with Gasteiger partial charge in [-0.3, -0.25) is 0 Å². The number of hydrogen-bond donors (Lipinski definition) is 0. The van der Waals surface area contributed by atoms with Crippen molar-refractivity contribution >= 4 is 17.5 Å². The fraction of sp³-hybridized carbons (Fsp3) is 0.550. The van der Waals surface area contributed by atoms with Gasteiger partial charge in [-0.05, 0) is 37.5 Å². The predicted molar refractivity (Wildman–Crippen MR) is 108 cm³/mol. The van der Waals surface area contributed by atoms with Crippen molar-refractivity contribution in [2.45, 2.75) is 33.6 Å². The van der Waals surface area contributed by atoms with Gasteiger partial charge in [-0.1, -0.05) is 25.5 Å². The van der Waals surface area contributed by atoms with Crippen LogP contribution in [0.5, 0.6) is 0 Å². The molecular formula is C20H30N6. The number of aryl methyl sites for hydroxylation is 1. The summed E-state index contributed by atoms with van der Waals surface area (Å²) < 4.78 is 0. The molecule has 0 N–H and O–H groups in total. The van der Waals surface area contributed by atoms with E-state index in [1.165, 1.54) is 23.2 Å². The molecule has 0 unspecified atom stereocenters. The van der Waals surface area contributed by atoms with Crippen molar-refractivity contribution in [1.29, 1.82) is 0 Å². The number of anilines is 3. The Hall–Kier alpha value is -2.37. The second-order valence-electron chi connectivity index (χ2n) is 7.08. The maximum absolute atomic E-state index is 4.74. The van der Waals surface area contributed by atoms with E-state index in [0.29, 0.717) is 0 Å². The summed E-state index contributed by atoms with van der Waals surface area (Å²) >= 11 is 0. The highest BCUT2D eigenvalue weighted by Gasteiger charge is 2.21. The van der Waals surface area contributed by atoms with Crippen LogP contribution in [0.25, 0.3) is 0 Å². The lowest BCUT2D eigenvalue weighted by molar-refractivity contribution is 0.632. The Kier molecular flexibility index (Phi) is 5.91. The smallest absolute Gasteiger partial charge is 0.247 e. The minimum Gasteiger partial charge on any atom is -0.368 e. The van der Waals surface area contributed by atoms with Crippen molar-refractivity contribution in [1.82, 2.24) is 15.2 Å². The highest BCUT2D eigenvalue weighted by molar-refractivity contribution is 5.57. The first kappa shape index (κ1) is 18.4. The third-order valence-electron chi connectivity index (χ3n) is 5.25. The number of rotatable bonds is 6. The van der Waals surface area contributed by atoms with E-state index in [1.54, 1.807) is 6.20 Å². The molecule has 2 aromatic rings. The van der Waals surface area contributed by atoms with Gasteiger partial charge in [0.15, 0.2) is 5.82 Å². The molecule has 1 aromatic heterocycles. The van der Waals surface area contributed by atoms with Crippen LogP contribution >= 0.6 is 0 Å². The summed E-state index contributed by atoms with van der Waals surface area (Å²) in [5.74, 6) is 1.65. The van der Waals surface area contributed by atoms with Crippen molar-refractivity contribution < 1.29 is 0 Å². The Balaban J connectivity index is 1.65. The first-order chi connectivity index (χ1) is 12.6. The molecule has 1 fully saturated rings. The molecule has 6 nitrogen and oxygen atoms in total. The van der Waals surface area contributed by atoms with E-state index >= 15 is 0 Å². The third-order valence-corrected chi connectivity index (χ3v) is 5.25. The van der Waals surface area contributed by atoms with Gasteiger partial charge in [0.1, 0.15) is 0 Å². The van der Waals surface area contributed by atoms with Gasteiger partial charge in [-0.2, -0.15) is 10.1 Å². The van der Waals surface area contributed by atoms with Crippen LogP contribution < -0.4 is 14.7 Å². The molecule has 1 aromatic carbocycles. The van der Waals surface area contributed by atoms with E-state index in [-0.39, 0.29) is 0 Å². The maximum Gasteiger partial charge on any atom is 0.247 e. The van der Waals surface area contributed by atoms with Gasteiger partial charge in [0, 0.05) is 45.5 Å². The number of nitrogens with zero attached hydrogens (tertiary/aromatic N) is 6. The molecule has 0 bridgehead atoms. The Morgan fingerprint density at radius 3 is 2.54 bits per heavy atom. The summed E-state index contributed by atoms with van der Waals surface area (Å²) in [6.45, 7) is 11.4. The number of hydrogen-bond acceptors (Lipinski definition) is 6. The van der Waals surface area contributed by atoms with Crippen LogP contribution in [0.1, 0.15) is 30.9 Å². The van der Waals surface area contributed by atoms with Crippen LogP contribution in [0, 0.1) is 13.8 Å². The normalized spacial score (nSPS) is 14.6. The second kappa shape index (κ2) is 8.34. The van der Waals surface area contributed by atoms with Gasteiger partial charge >= 0.3 is 0 Å². The van der Waals surface area contributed by atoms with Crippen molar-refractivity contribution in [2.75, 3.05) is 54.5 Å². The van der Waals surface area contributed by atoms with Gasteiger partial charge in [0.2, 0.25) is 5.95 Å². The zero-order chi connectivity index (χ0) is 18.5. The van der Waals surface area contributed by atoms with Crippen LogP contribution in [-0.2, 0) is 0 Å². The zero-order valence-corrected chi connectivity index (χ0v) is 16.4. The molecular weight excluding hydrogens is 324 g/mol. The minimum absolute atomic E-state index is 0.742. The second-order valence-corrected chi connectivity index (χ2v) is 7.08. The third kappa shape index (κ3) is 4.06. The molecule has 0 spiro atoms. The summed E-state index contributed by atoms with van der Waals surface area (Å²) in [7, 11) is 2.07. The molecule has 1 aliphatic heterocycles. The molecule has 1 aliphatic rings. The number of benzene rings is 1. The molecule has 0 aliphatic carbocycles. The summed E-state index contributed by atoms with van der Waals surface area (Å²) in [6, 6.07) is 6.54. The van der Waals surface area contributed by atoms with E-state index in [1.807, 2.05) is 0 Å². The molecule has 1 saturated heterocycles. The van der Waals surface area contributed by atoms with Crippen molar-refractivity contribution in [3.63, 3.8) is 0 Å². The Bertz CT molecular complexity index is 724. The summed E-state index contributed by atoms with van der Waals surface area (Å²) in [4.78, 5) is 11.6. The topological polar surface area (TPSA) is 48.4 Å². The Morgan fingerprint density at radius 1 is 1.08 bits per heavy atom. The van der Waals surface area contributed by atoms with Gasteiger partial charge in [0.25, 0.3) is 0 Å². The lowest BCUT2D eigenvalue weighted by atomic mass is 10.1. The highest BCUT2D eigenvalue weighted by Crippen LogP contribution is 2.24. The SMILES string of the molecule is CCCCN(C)c1cnnc(N2CCN(c3cccc(C)c3C)CC2)n1. The van der Waals surface area contributed by atoms with Gasteiger partial charge in [-0.15, -0.1) is 5.10 Å². The average molecular weight is 355 g/mol. The standard InChI is InChI=1S/C20H30N6/c1-5-6-10-24(4)19-15-21-23-20(22-19)26-13-11-25(12-14-26)18-9-7-8-16(2)17(18)3/h7-9,15H,5-6,10-14H2,1-4H3. The molecule has 0 radical (unpaired) electrons. The van der Waals surface area contributed by atoms with Crippen LogP contribution in [0.3, 0.4) is 0 Å². The lowest BCUT2D eigenvalue weighted by Crippen LogP contribution is -2.47. The maximum atomic E-state index is 4.74. The minimum atomic E-state index is 0.742. The Morgan fingerprint density at radius 2 is 1.81 bits per heavy atom. The largest absolute Gasteiger partial charge is 0.368 e. The van der Waals surface area contributed by atoms with E-state index in [2.05, 4.69) is 70.9 Å². The fourth-order valence-electron chi connectivity index (χ4n) is 3.34. The van der Waals surface area contributed by atoms with E-state index in [4.69, 9.17) is 4.98 Å². The fourth-order valence-corrected chi connectivity index (χ4v) is 3.34. The van der Waals surface area contributed by atoms with Crippen LogP contribution in [0.4, 0.5) is 17.5 Å². The van der Waals surface area contributed by atoms with Crippen LogP contribution in [0.2, 0.25) is 0 Å². The first-order valence-corrected chi connectivity index (χ1v) is 9.57. The van der Waals surface area contributed by atoms with Gasteiger partial charge in [-0.25, -0.2) is 0 Å². The molecule has 3 rings (SSSR count). The van der Waals surface area contributed by atoms with Gasteiger partial charge < -0.3 is 14.7 Å². The quantitative estimate of drug-likeness (QED) is 0.795. The van der Waals surface area contributed by atoms with Gasteiger partial charge in [0.05, 0.1) is 6.20 Å². The summed E-state index contributed by atoms with van der Waals surface area (Å²) in [6.07, 6.45) is 4.09. The monoisotopic (exact) mass is 354 g/mol. The lowest BCUT2D eigenvalue weighted by Gasteiger charge is -2.37. The molecule has 0 saturated carbocycles. The molecule has 0 atom stereocenters. The zero-order valence-electron chi connectivity index (χ0n) is 16.4. The van der Waals surface area contributed by atoms with E-state index < -0.39 is 0 Å². The summed E-state index contributed by atoms with van der Waals surface area (Å²) in [5.41, 5.74) is 4.07. The van der Waals surface area contributed by atoms with E-state index in [9.17, 15) is 0 Å². The molecule has 6 heteroatoms. The number of aromatic nitrogens is 3. The Labute approximate surface area is 156 Å². The highest BCUT2D eigenvalue weighted by atomic mass is 15.4.